The summed E-state index contributed by atoms with van der Waals surface area (Å²) in [7, 11) is -1.87. The van der Waals surface area contributed by atoms with Gasteiger partial charge in [-0.25, -0.2) is 0 Å². The van der Waals surface area contributed by atoms with E-state index in [0.717, 1.165) is 17.1 Å². The maximum Gasteiger partial charge on any atom is 0.250 e. The number of hydrogen-bond donors (Lipinski definition) is 0. The van der Waals surface area contributed by atoms with E-state index in [9.17, 15) is 0 Å². The Labute approximate surface area is 135 Å². The third-order valence-corrected chi connectivity index (χ3v) is 8.60. The number of para-hydroxylation sites is 2. The lowest BCUT2D eigenvalue weighted by atomic mass is 10.2. The van der Waals surface area contributed by atoms with Gasteiger partial charge >= 0.3 is 0 Å². The minimum Gasteiger partial charge on any atom is -0.541 e. The Balaban J connectivity index is 2.13. The number of benzene rings is 2. The van der Waals surface area contributed by atoms with E-state index in [4.69, 9.17) is 9.16 Å². The van der Waals surface area contributed by atoms with Crippen molar-refractivity contribution >= 4 is 8.32 Å². The Morgan fingerprint density at radius 3 is 1.95 bits per heavy atom. The number of rotatable bonds is 5. The fourth-order valence-corrected chi connectivity index (χ4v) is 2.84. The van der Waals surface area contributed by atoms with Gasteiger partial charge in [-0.05, 0) is 35.8 Å². The first-order chi connectivity index (χ1) is 10.3. The molecule has 0 saturated carbocycles. The molecule has 0 aliphatic rings. The second-order valence-corrected chi connectivity index (χ2v) is 11.8. The summed E-state index contributed by atoms with van der Waals surface area (Å²) in [5.41, 5.74) is 1.16. The first kappa shape index (κ1) is 16.6. The van der Waals surface area contributed by atoms with Gasteiger partial charge in [-0.15, -0.1) is 0 Å². The van der Waals surface area contributed by atoms with Crippen molar-refractivity contribution in [3.8, 4) is 11.5 Å². The van der Waals surface area contributed by atoms with Gasteiger partial charge in [-0.2, -0.15) is 0 Å². The predicted octanol–water partition coefficient (Wildman–Crippen LogP) is 5.65. The summed E-state index contributed by atoms with van der Waals surface area (Å²) < 4.78 is 12.4. The van der Waals surface area contributed by atoms with Crippen LogP contribution >= 0.6 is 0 Å². The summed E-state index contributed by atoms with van der Waals surface area (Å²) >= 11 is 0. The van der Waals surface area contributed by atoms with Gasteiger partial charge in [0.1, 0.15) is 12.4 Å². The van der Waals surface area contributed by atoms with Crippen LogP contribution in [0.3, 0.4) is 0 Å². The highest BCUT2D eigenvalue weighted by Gasteiger charge is 2.39. The van der Waals surface area contributed by atoms with E-state index in [1.807, 2.05) is 42.5 Å². The lowest BCUT2D eigenvalue weighted by molar-refractivity contribution is 0.294. The van der Waals surface area contributed by atoms with Crippen LogP contribution in [0.5, 0.6) is 11.5 Å². The molecule has 0 spiro atoms. The lowest BCUT2D eigenvalue weighted by Gasteiger charge is -2.36. The molecule has 3 heteroatoms. The van der Waals surface area contributed by atoms with Crippen LogP contribution in [0.25, 0.3) is 0 Å². The molecule has 0 bridgehead atoms. The van der Waals surface area contributed by atoms with Gasteiger partial charge in [0.05, 0.1) is 0 Å². The molecule has 2 rings (SSSR count). The monoisotopic (exact) mass is 314 g/mol. The van der Waals surface area contributed by atoms with E-state index in [0.29, 0.717) is 6.61 Å². The second kappa shape index (κ2) is 6.57. The minimum absolute atomic E-state index is 0.166. The van der Waals surface area contributed by atoms with Gasteiger partial charge in [0, 0.05) is 0 Å². The summed E-state index contributed by atoms with van der Waals surface area (Å²) in [4.78, 5) is 0. The first-order valence-electron chi connectivity index (χ1n) is 7.74. The average molecular weight is 315 g/mol. The standard InChI is InChI=1S/C19H26O2Si/c1-19(2,3)22(4,5)21-18-14-10-9-13-17(18)20-15-16-11-7-6-8-12-16/h6-14H,15H2,1-5H3. The zero-order chi connectivity index (χ0) is 16.2. The van der Waals surface area contributed by atoms with Crippen molar-refractivity contribution in [1.29, 1.82) is 0 Å². The summed E-state index contributed by atoms with van der Waals surface area (Å²) in [6.45, 7) is 11.8. The Hall–Kier alpha value is -1.74. The molecule has 2 aromatic rings. The smallest absolute Gasteiger partial charge is 0.250 e. The third kappa shape index (κ3) is 4.14. The highest BCUT2D eigenvalue weighted by Crippen LogP contribution is 2.39. The first-order valence-corrected chi connectivity index (χ1v) is 10.7. The van der Waals surface area contributed by atoms with Crippen molar-refractivity contribution in [2.45, 2.75) is 45.5 Å². The maximum atomic E-state index is 6.40. The van der Waals surface area contributed by atoms with E-state index < -0.39 is 8.32 Å². The van der Waals surface area contributed by atoms with Crippen LogP contribution in [0.1, 0.15) is 26.3 Å². The summed E-state index contributed by atoms with van der Waals surface area (Å²) in [5, 5.41) is 0.166. The normalized spacial score (nSPS) is 12.0. The molecular formula is C19H26O2Si. The van der Waals surface area contributed by atoms with Crippen molar-refractivity contribution in [3.63, 3.8) is 0 Å². The van der Waals surface area contributed by atoms with Gasteiger partial charge in [0.15, 0.2) is 5.75 Å². The molecule has 0 heterocycles. The molecule has 22 heavy (non-hydrogen) atoms. The van der Waals surface area contributed by atoms with E-state index >= 15 is 0 Å². The fraction of sp³-hybridized carbons (Fsp3) is 0.368. The second-order valence-electron chi connectivity index (χ2n) is 7.08. The summed E-state index contributed by atoms with van der Waals surface area (Å²) in [6.07, 6.45) is 0. The Morgan fingerprint density at radius 1 is 0.818 bits per heavy atom. The van der Waals surface area contributed by atoms with Crippen molar-refractivity contribution < 1.29 is 9.16 Å². The molecule has 0 saturated heterocycles. The van der Waals surface area contributed by atoms with Crippen LogP contribution in [-0.2, 0) is 6.61 Å². The molecule has 0 amide bonds. The Bertz CT molecular complexity index is 600. The molecule has 0 aromatic heterocycles. The molecular weight excluding hydrogens is 288 g/mol. The van der Waals surface area contributed by atoms with Gasteiger partial charge in [0.25, 0.3) is 8.32 Å². The van der Waals surface area contributed by atoms with Crippen LogP contribution in [0.2, 0.25) is 18.1 Å². The molecule has 0 radical (unpaired) electrons. The van der Waals surface area contributed by atoms with Crippen LogP contribution < -0.4 is 9.16 Å². The zero-order valence-corrected chi connectivity index (χ0v) is 15.2. The molecule has 0 atom stereocenters. The van der Waals surface area contributed by atoms with E-state index in [1.165, 1.54) is 0 Å². The molecule has 0 aliphatic heterocycles. The number of ether oxygens (including phenoxy) is 1. The molecule has 0 fully saturated rings. The van der Waals surface area contributed by atoms with Crippen LogP contribution in [0.4, 0.5) is 0 Å². The van der Waals surface area contributed by atoms with Crippen molar-refractivity contribution in [2.24, 2.45) is 0 Å². The molecule has 2 nitrogen and oxygen atoms in total. The Kier molecular flexibility index (Phi) is 4.96. The summed E-state index contributed by atoms with van der Waals surface area (Å²) in [6, 6.07) is 18.2. The molecule has 0 aliphatic carbocycles. The number of hydrogen-bond acceptors (Lipinski definition) is 2. The van der Waals surface area contributed by atoms with Crippen molar-refractivity contribution in [1.82, 2.24) is 0 Å². The largest absolute Gasteiger partial charge is 0.541 e. The Morgan fingerprint density at radius 2 is 1.36 bits per heavy atom. The molecule has 0 N–H and O–H groups in total. The van der Waals surface area contributed by atoms with Gasteiger partial charge in [-0.1, -0.05) is 63.2 Å². The zero-order valence-electron chi connectivity index (χ0n) is 14.2. The maximum absolute atomic E-state index is 6.40. The third-order valence-electron chi connectivity index (χ3n) is 4.26. The van der Waals surface area contributed by atoms with Gasteiger partial charge in [-0.3, -0.25) is 0 Å². The average Bonchev–Trinajstić information content (AvgIpc) is 2.46. The van der Waals surface area contributed by atoms with Crippen LogP contribution in [-0.4, -0.2) is 8.32 Å². The van der Waals surface area contributed by atoms with E-state index in [-0.39, 0.29) is 5.04 Å². The van der Waals surface area contributed by atoms with Gasteiger partial charge < -0.3 is 9.16 Å². The minimum atomic E-state index is -1.87. The van der Waals surface area contributed by atoms with Crippen LogP contribution in [0.15, 0.2) is 54.6 Å². The quantitative estimate of drug-likeness (QED) is 0.664. The molecule has 118 valence electrons. The van der Waals surface area contributed by atoms with Crippen molar-refractivity contribution in [3.05, 3.63) is 60.2 Å². The fourth-order valence-electron chi connectivity index (χ4n) is 1.82. The summed E-state index contributed by atoms with van der Waals surface area (Å²) in [5.74, 6) is 1.67. The molecule has 0 unspecified atom stereocenters. The highest BCUT2D eigenvalue weighted by molar-refractivity contribution is 6.74. The van der Waals surface area contributed by atoms with Crippen LogP contribution in [0, 0.1) is 0 Å². The van der Waals surface area contributed by atoms with E-state index in [1.54, 1.807) is 0 Å². The lowest BCUT2D eigenvalue weighted by Crippen LogP contribution is -2.43. The molecule has 2 aromatic carbocycles. The highest BCUT2D eigenvalue weighted by atomic mass is 28.4. The van der Waals surface area contributed by atoms with Crippen molar-refractivity contribution in [2.75, 3.05) is 0 Å². The predicted molar refractivity (Wildman–Crippen MR) is 95.0 cm³/mol. The topological polar surface area (TPSA) is 18.5 Å². The van der Waals surface area contributed by atoms with Gasteiger partial charge in [0.2, 0.25) is 0 Å². The van der Waals surface area contributed by atoms with E-state index in [2.05, 4.69) is 46.0 Å². The SMILES string of the molecule is CC(C)(C)[Si](C)(C)Oc1ccccc1OCc1ccccc1.